The summed E-state index contributed by atoms with van der Waals surface area (Å²) < 4.78 is 4.58. The van der Waals surface area contributed by atoms with Crippen LogP contribution in [0.2, 0.25) is 0 Å². The maximum atomic E-state index is 11.9. The number of anilines is 1. The molecule has 1 atom stereocenters. The highest BCUT2D eigenvalue weighted by Crippen LogP contribution is 2.05. The Morgan fingerprint density at radius 3 is 3.13 bits per heavy atom. The molecule has 0 aliphatic carbocycles. The normalized spacial score (nSPS) is 21.3. The van der Waals surface area contributed by atoms with Gasteiger partial charge in [-0.3, -0.25) is 9.69 Å². The molecule has 7 heteroatoms. The van der Waals surface area contributed by atoms with E-state index in [2.05, 4.69) is 25.3 Å². The molecule has 1 amide bonds. The molecule has 0 saturated carbocycles. The lowest BCUT2D eigenvalue weighted by atomic mass is 10.2. The molecule has 2 heterocycles. The van der Waals surface area contributed by atoms with Gasteiger partial charge in [0.25, 0.3) is 5.95 Å². The number of rotatable bonds is 2. The zero-order valence-electron chi connectivity index (χ0n) is 8.43. The molecule has 1 aliphatic rings. The molecule has 0 bridgehead atoms. The van der Waals surface area contributed by atoms with Crippen LogP contribution >= 0.6 is 0 Å². The van der Waals surface area contributed by atoms with Crippen molar-refractivity contribution in [2.75, 3.05) is 31.6 Å². The molecule has 2 rings (SSSR count). The van der Waals surface area contributed by atoms with Gasteiger partial charge in [0.15, 0.2) is 0 Å². The number of nitrogens with one attached hydrogen (secondary N) is 2. The second-order valence-corrected chi connectivity index (χ2v) is 3.34. The van der Waals surface area contributed by atoms with Crippen LogP contribution < -0.4 is 15.5 Å². The Bertz CT molecular complexity index is 320. The van der Waals surface area contributed by atoms with Crippen molar-refractivity contribution in [3.05, 3.63) is 6.39 Å². The Kier molecular flexibility index (Phi) is 2.93. The van der Waals surface area contributed by atoms with Gasteiger partial charge in [0.1, 0.15) is 0 Å². The van der Waals surface area contributed by atoms with Gasteiger partial charge in [-0.15, -0.1) is 0 Å². The van der Waals surface area contributed by atoms with Gasteiger partial charge in [-0.25, -0.2) is 0 Å². The van der Waals surface area contributed by atoms with Crippen LogP contribution in [0, 0.1) is 0 Å². The van der Waals surface area contributed by atoms with Crippen LogP contribution in [0.15, 0.2) is 10.9 Å². The molecule has 0 spiro atoms. The first-order chi connectivity index (χ1) is 7.29. The summed E-state index contributed by atoms with van der Waals surface area (Å²) in [5, 5.41) is 9.87. The summed E-state index contributed by atoms with van der Waals surface area (Å²) in [6.07, 6.45) is 1.20. The summed E-state index contributed by atoms with van der Waals surface area (Å²) in [5.41, 5.74) is 0. The fraction of sp³-hybridized carbons (Fsp3) is 0.625. The first-order valence-corrected chi connectivity index (χ1v) is 4.77. The second kappa shape index (κ2) is 4.37. The van der Waals surface area contributed by atoms with E-state index in [4.69, 9.17) is 0 Å². The minimum absolute atomic E-state index is 0.0661. The van der Waals surface area contributed by atoms with Crippen molar-refractivity contribution in [3.63, 3.8) is 0 Å². The highest BCUT2D eigenvalue weighted by Gasteiger charge is 2.25. The van der Waals surface area contributed by atoms with Crippen LogP contribution in [0.4, 0.5) is 5.95 Å². The molecule has 0 aromatic carbocycles. The van der Waals surface area contributed by atoms with Crippen LogP contribution in [-0.4, -0.2) is 48.8 Å². The van der Waals surface area contributed by atoms with Gasteiger partial charge in [-0.05, 0) is 5.16 Å². The fourth-order valence-electron chi connectivity index (χ4n) is 1.47. The van der Waals surface area contributed by atoms with E-state index < -0.39 is 0 Å². The zero-order valence-corrected chi connectivity index (χ0v) is 8.43. The quantitative estimate of drug-likeness (QED) is 0.625. The number of hydrogen-bond acceptors (Lipinski definition) is 6. The molecule has 2 N–H and O–H groups in total. The first-order valence-electron chi connectivity index (χ1n) is 4.77. The highest BCUT2D eigenvalue weighted by atomic mass is 16.5. The third-order valence-corrected chi connectivity index (χ3v) is 2.32. The monoisotopic (exact) mass is 211 g/mol. The van der Waals surface area contributed by atoms with Crippen LogP contribution in [-0.2, 0) is 4.79 Å². The maximum Gasteiger partial charge on any atom is 0.272 e. The number of aromatic nitrogens is 2. The van der Waals surface area contributed by atoms with Crippen molar-refractivity contribution in [1.82, 2.24) is 20.8 Å². The minimum Gasteiger partial charge on any atom is -0.341 e. The minimum atomic E-state index is -0.220. The Morgan fingerprint density at radius 2 is 2.53 bits per heavy atom. The van der Waals surface area contributed by atoms with Gasteiger partial charge in [-0.1, -0.05) is 0 Å². The van der Waals surface area contributed by atoms with E-state index in [-0.39, 0.29) is 17.9 Å². The SMILES string of the molecule is CN(C(=O)C1CNCCN1)c1ncon1. The zero-order chi connectivity index (χ0) is 10.7. The number of hydrogen-bond donors (Lipinski definition) is 2. The summed E-state index contributed by atoms with van der Waals surface area (Å²) in [6, 6.07) is -0.220. The van der Waals surface area contributed by atoms with E-state index in [1.165, 1.54) is 11.3 Å². The van der Waals surface area contributed by atoms with Crippen molar-refractivity contribution < 1.29 is 9.32 Å². The van der Waals surface area contributed by atoms with Gasteiger partial charge in [-0.2, -0.15) is 4.98 Å². The molecular formula is C8H13N5O2. The molecule has 15 heavy (non-hydrogen) atoms. The van der Waals surface area contributed by atoms with Crippen LogP contribution in [0.25, 0.3) is 0 Å². The molecular weight excluding hydrogens is 198 g/mol. The van der Waals surface area contributed by atoms with Crippen molar-refractivity contribution in [3.8, 4) is 0 Å². The number of likely N-dealkylation sites (N-methyl/N-ethyl adjacent to an activating group) is 1. The average molecular weight is 211 g/mol. The largest absolute Gasteiger partial charge is 0.341 e. The standard InChI is InChI=1S/C8H13N5O2/c1-13(8-11-5-15-12-8)7(14)6-4-9-2-3-10-6/h5-6,9-10H,2-4H2,1H3. The van der Waals surface area contributed by atoms with Gasteiger partial charge in [0, 0.05) is 26.7 Å². The maximum absolute atomic E-state index is 11.9. The number of nitrogens with zero attached hydrogens (tertiary/aromatic N) is 3. The predicted octanol–water partition coefficient (Wildman–Crippen LogP) is -1.41. The van der Waals surface area contributed by atoms with E-state index in [0.29, 0.717) is 6.54 Å². The molecule has 7 nitrogen and oxygen atoms in total. The molecule has 1 unspecified atom stereocenters. The van der Waals surface area contributed by atoms with Crippen molar-refractivity contribution in [2.24, 2.45) is 0 Å². The van der Waals surface area contributed by atoms with Crippen LogP contribution in [0.3, 0.4) is 0 Å². The lowest BCUT2D eigenvalue weighted by molar-refractivity contribution is -0.120. The van der Waals surface area contributed by atoms with Gasteiger partial charge < -0.3 is 15.2 Å². The molecule has 1 saturated heterocycles. The molecule has 1 aromatic rings. The topological polar surface area (TPSA) is 83.3 Å². The van der Waals surface area contributed by atoms with E-state index in [1.54, 1.807) is 7.05 Å². The van der Waals surface area contributed by atoms with Crippen molar-refractivity contribution in [1.29, 1.82) is 0 Å². The Hall–Kier alpha value is -1.47. The van der Waals surface area contributed by atoms with Crippen LogP contribution in [0.1, 0.15) is 0 Å². The molecule has 1 fully saturated rings. The van der Waals surface area contributed by atoms with Gasteiger partial charge in [0.2, 0.25) is 12.3 Å². The lowest BCUT2D eigenvalue weighted by Gasteiger charge is -2.26. The Labute approximate surface area is 86.8 Å². The van der Waals surface area contributed by atoms with Gasteiger partial charge >= 0.3 is 0 Å². The summed E-state index contributed by atoms with van der Waals surface area (Å²) in [4.78, 5) is 17.1. The highest BCUT2D eigenvalue weighted by molar-refractivity contribution is 5.95. The Balaban J connectivity index is 2.00. The predicted molar refractivity (Wildman–Crippen MR) is 52.4 cm³/mol. The summed E-state index contributed by atoms with van der Waals surface area (Å²) in [5.74, 6) is 0.218. The van der Waals surface area contributed by atoms with Gasteiger partial charge in [0.05, 0.1) is 6.04 Å². The lowest BCUT2D eigenvalue weighted by Crippen LogP contribution is -2.56. The molecule has 1 aliphatic heterocycles. The number of piperazine rings is 1. The third-order valence-electron chi connectivity index (χ3n) is 2.32. The molecule has 1 aromatic heterocycles. The number of carbonyl (C=O) groups is 1. The van der Waals surface area contributed by atoms with Crippen molar-refractivity contribution in [2.45, 2.75) is 6.04 Å². The van der Waals surface area contributed by atoms with E-state index in [9.17, 15) is 4.79 Å². The van der Waals surface area contributed by atoms with E-state index in [1.807, 2.05) is 0 Å². The number of amides is 1. The molecule has 0 radical (unpaired) electrons. The third kappa shape index (κ3) is 2.13. The second-order valence-electron chi connectivity index (χ2n) is 3.34. The smallest absolute Gasteiger partial charge is 0.272 e. The summed E-state index contributed by atoms with van der Waals surface area (Å²) >= 11 is 0. The average Bonchev–Trinajstić information content (AvgIpc) is 2.82. The fourth-order valence-corrected chi connectivity index (χ4v) is 1.47. The summed E-state index contributed by atoms with van der Waals surface area (Å²) in [7, 11) is 1.63. The Morgan fingerprint density at radius 1 is 1.67 bits per heavy atom. The van der Waals surface area contributed by atoms with E-state index in [0.717, 1.165) is 13.1 Å². The number of carbonyl (C=O) groups excluding carboxylic acids is 1. The first kappa shape index (κ1) is 10.1. The molecule has 82 valence electrons. The van der Waals surface area contributed by atoms with E-state index >= 15 is 0 Å². The van der Waals surface area contributed by atoms with Crippen LogP contribution in [0.5, 0.6) is 0 Å². The van der Waals surface area contributed by atoms with Crippen molar-refractivity contribution >= 4 is 11.9 Å². The summed E-state index contributed by atoms with van der Waals surface area (Å²) in [6.45, 7) is 2.30.